The van der Waals surface area contributed by atoms with Crippen LogP contribution in [0.25, 0.3) is 0 Å². The molecule has 3 atom stereocenters. The third kappa shape index (κ3) is 6.33. The lowest BCUT2D eigenvalue weighted by Crippen LogP contribution is -2.51. The fourth-order valence-corrected chi connectivity index (χ4v) is 5.37. The summed E-state index contributed by atoms with van der Waals surface area (Å²) in [7, 11) is 0. The van der Waals surface area contributed by atoms with Gasteiger partial charge >= 0.3 is 0 Å². The summed E-state index contributed by atoms with van der Waals surface area (Å²) >= 11 is 6.45. The summed E-state index contributed by atoms with van der Waals surface area (Å²) in [6.45, 7) is 2.59. The van der Waals surface area contributed by atoms with Gasteiger partial charge in [0.2, 0.25) is 23.6 Å². The Hall–Kier alpha value is -3.45. The van der Waals surface area contributed by atoms with Gasteiger partial charge in [-0.25, -0.2) is 0 Å². The zero-order chi connectivity index (χ0) is 27.1. The van der Waals surface area contributed by atoms with Crippen molar-refractivity contribution in [2.75, 3.05) is 13.1 Å². The fraction of sp³-hybridized carbons (Fsp3) is 0.400. The number of carbonyl (C=O) groups excluding carboxylic acids is 4. The molecule has 1 heterocycles. The number of carbonyl (C=O) groups is 4. The van der Waals surface area contributed by atoms with Crippen LogP contribution in [-0.2, 0) is 32.1 Å². The topological polar surface area (TPSA) is 86.8 Å². The van der Waals surface area contributed by atoms with Crippen LogP contribution in [0.2, 0.25) is 5.02 Å². The van der Waals surface area contributed by atoms with Crippen molar-refractivity contribution < 1.29 is 19.2 Å². The summed E-state index contributed by atoms with van der Waals surface area (Å²) in [4.78, 5) is 55.8. The Bertz CT molecular complexity index is 1170. The molecule has 0 bridgehead atoms. The number of amides is 4. The van der Waals surface area contributed by atoms with Gasteiger partial charge in [-0.1, -0.05) is 79.2 Å². The minimum atomic E-state index is -0.788. The van der Waals surface area contributed by atoms with E-state index < -0.39 is 6.04 Å². The maximum Gasteiger partial charge on any atom is 0.243 e. The van der Waals surface area contributed by atoms with E-state index in [1.807, 2.05) is 67.6 Å². The molecule has 1 aliphatic heterocycles. The van der Waals surface area contributed by atoms with Gasteiger partial charge in [0.15, 0.2) is 0 Å². The Labute approximate surface area is 228 Å². The standard InChI is InChI=1S/C30H34ClN3O4/c1-2-17-32-28(36)26(19-21-10-4-3-5-11-21)34(20-22-12-6-9-15-25(22)31)27(35)16-18-33-29(37)23-13-7-8-14-24(23)30(33)38/h3-12,15,23-24,26H,2,13-14,16-20H2,1H3,(H,32,36)/t23-,24+,26-/m0/s1. The summed E-state index contributed by atoms with van der Waals surface area (Å²) in [5, 5.41) is 3.44. The highest BCUT2D eigenvalue weighted by atomic mass is 35.5. The van der Waals surface area contributed by atoms with Crippen molar-refractivity contribution in [3.63, 3.8) is 0 Å². The number of halogens is 1. The van der Waals surface area contributed by atoms with Crippen LogP contribution in [0.1, 0.15) is 43.7 Å². The minimum Gasteiger partial charge on any atom is -0.354 e. The van der Waals surface area contributed by atoms with Crippen molar-refractivity contribution >= 4 is 35.2 Å². The molecule has 4 amide bonds. The first-order valence-electron chi connectivity index (χ1n) is 13.3. The molecule has 0 radical (unpaired) electrons. The van der Waals surface area contributed by atoms with Gasteiger partial charge in [0.1, 0.15) is 6.04 Å². The van der Waals surface area contributed by atoms with E-state index in [1.165, 1.54) is 4.90 Å². The first-order valence-corrected chi connectivity index (χ1v) is 13.6. The zero-order valence-electron chi connectivity index (χ0n) is 21.6. The maximum atomic E-state index is 13.8. The summed E-state index contributed by atoms with van der Waals surface area (Å²) in [6, 6.07) is 16.0. The van der Waals surface area contributed by atoms with E-state index in [1.54, 1.807) is 11.0 Å². The van der Waals surface area contributed by atoms with Crippen molar-refractivity contribution in [3.8, 4) is 0 Å². The van der Waals surface area contributed by atoms with Crippen LogP contribution in [0.15, 0.2) is 66.7 Å². The van der Waals surface area contributed by atoms with Crippen LogP contribution >= 0.6 is 11.6 Å². The molecule has 0 saturated carbocycles. The summed E-state index contributed by atoms with van der Waals surface area (Å²) < 4.78 is 0. The molecule has 2 aliphatic rings. The highest BCUT2D eigenvalue weighted by Gasteiger charge is 2.47. The molecule has 0 spiro atoms. The average Bonchev–Trinajstić information content (AvgIpc) is 3.18. The van der Waals surface area contributed by atoms with Gasteiger partial charge in [-0.05, 0) is 36.5 Å². The quantitative estimate of drug-likeness (QED) is 0.346. The molecule has 0 unspecified atom stereocenters. The first-order chi connectivity index (χ1) is 18.4. The second-order valence-corrected chi connectivity index (χ2v) is 10.3. The molecule has 1 aliphatic carbocycles. The largest absolute Gasteiger partial charge is 0.354 e. The molecule has 1 fully saturated rings. The van der Waals surface area contributed by atoms with E-state index in [9.17, 15) is 19.2 Å². The number of hydrogen-bond acceptors (Lipinski definition) is 4. The van der Waals surface area contributed by atoms with E-state index in [4.69, 9.17) is 11.6 Å². The van der Waals surface area contributed by atoms with E-state index in [2.05, 4.69) is 5.32 Å². The highest BCUT2D eigenvalue weighted by Crippen LogP contribution is 2.35. The third-order valence-electron chi connectivity index (χ3n) is 7.27. The molecule has 1 N–H and O–H groups in total. The van der Waals surface area contributed by atoms with Gasteiger partial charge in [-0.3, -0.25) is 24.1 Å². The van der Waals surface area contributed by atoms with Crippen LogP contribution in [0.3, 0.4) is 0 Å². The summed E-state index contributed by atoms with van der Waals surface area (Å²) in [5.41, 5.74) is 1.64. The minimum absolute atomic E-state index is 0.00282. The zero-order valence-corrected chi connectivity index (χ0v) is 22.4. The molecule has 1 saturated heterocycles. The van der Waals surface area contributed by atoms with Gasteiger partial charge in [-0.2, -0.15) is 0 Å². The third-order valence-corrected chi connectivity index (χ3v) is 7.64. The molecule has 0 aromatic heterocycles. The Kier molecular flexibility index (Phi) is 9.34. The first kappa shape index (κ1) is 27.6. The van der Waals surface area contributed by atoms with Crippen molar-refractivity contribution in [2.45, 2.75) is 51.6 Å². The second-order valence-electron chi connectivity index (χ2n) is 9.84. The predicted molar refractivity (Wildman–Crippen MR) is 146 cm³/mol. The molecule has 2 aromatic rings. The Morgan fingerprint density at radius 2 is 1.63 bits per heavy atom. The smallest absolute Gasteiger partial charge is 0.243 e. The Morgan fingerprint density at radius 1 is 1.00 bits per heavy atom. The lowest BCUT2D eigenvalue weighted by Gasteiger charge is -2.32. The van der Waals surface area contributed by atoms with Gasteiger partial charge in [-0.15, -0.1) is 0 Å². The molecule has 200 valence electrons. The van der Waals surface area contributed by atoms with Crippen LogP contribution in [0, 0.1) is 11.8 Å². The number of likely N-dealkylation sites (tertiary alicyclic amines) is 1. The average molecular weight is 536 g/mol. The number of nitrogens with one attached hydrogen (secondary N) is 1. The highest BCUT2D eigenvalue weighted by molar-refractivity contribution is 6.31. The van der Waals surface area contributed by atoms with Gasteiger partial charge in [0, 0.05) is 37.5 Å². The lowest BCUT2D eigenvalue weighted by atomic mass is 9.85. The molecule has 2 aromatic carbocycles. The summed E-state index contributed by atoms with van der Waals surface area (Å²) in [5.74, 6) is -1.67. The maximum absolute atomic E-state index is 13.8. The number of rotatable bonds is 11. The van der Waals surface area contributed by atoms with Crippen LogP contribution in [0.4, 0.5) is 0 Å². The fourth-order valence-electron chi connectivity index (χ4n) is 5.17. The number of benzene rings is 2. The Morgan fingerprint density at radius 3 is 2.26 bits per heavy atom. The molecular formula is C30H34ClN3O4. The normalized spacial score (nSPS) is 19.3. The van der Waals surface area contributed by atoms with E-state index in [0.29, 0.717) is 36.4 Å². The monoisotopic (exact) mass is 535 g/mol. The lowest BCUT2D eigenvalue weighted by molar-refractivity contribution is -0.144. The van der Waals surface area contributed by atoms with Gasteiger partial charge < -0.3 is 10.2 Å². The van der Waals surface area contributed by atoms with Crippen molar-refractivity contribution in [3.05, 3.63) is 82.9 Å². The number of fused-ring (bicyclic) bond motifs is 1. The van der Waals surface area contributed by atoms with Crippen LogP contribution < -0.4 is 5.32 Å². The van der Waals surface area contributed by atoms with E-state index in [0.717, 1.165) is 12.0 Å². The molecule has 8 heteroatoms. The van der Waals surface area contributed by atoms with E-state index in [-0.39, 0.29) is 55.0 Å². The number of allylic oxidation sites excluding steroid dienone is 2. The summed E-state index contributed by atoms with van der Waals surface area (Å²) in [6.07, 6.45) is 6.00. The van der Waals surface area contributed by atoms with Crippen molar-refractivity contribution in [1.29, 1.82) is 0 Å². The van der Waals surface area contributed by atoms with E-state index >= 15 is 0 Å². The predicted octanol–water partition coefficient (Wildman–Crippen LogP) is 4.15. The van der Waals surface area contributed by atoms with Crippen LogP contribution in [0.5, 0.6) is 0 Å². The van der Waals surface area contributed by atoms with Crippen molar-refractivity contribution in [1.82, 2.24) is 15.1 Å². The van der Waals surface area contributed by atoms with Gasteiger partial charge in [0.25, 0.3) is 0 Å². The molecule has 38 heavy (non-hydrogen) atoms. The number of nitrogens with zero attached hydrogens (tertiary/aromatic N) is 2. The molecule has 4 rings (SSSR count). The molecule has 7 nitrogen and oxygen atoms in total. The Balaban J connectivity index is 1.58. The second kappa shape index (κ2) is 12.9. The number of imide groups is 1. The van der Waals surface area contributed by atoms with Crippen LogP contribution in [-0.4, -0.2) is 52.6 Å². The SMILES string of the molecule is CCCNC(=O)[C@H](Cc1ccccc1)N(Cc1ccccc1Cl)C(=O)CCN1C(=O)[C@H]2CC=CC[C@H]2C1=O. The van der Waals surface area contributed by atoms with Crippen molar-refractivity contribution in [2.24, 2.45) is 11.8 Å². The number of hydrogen-bond donors (Lipinski definition) is 1. The van der Waals surface area contributed by atoms with Gasteiger partial charge in [0.05, 0.1) is 11.8 Å². The molecular weight excluding hydrogens is 502 g/mol.